The molecule has 0 saturated carbocycles. The van der Waals surface area contributed by atoms with E-state index in [1.807, 2.05) is 0 Å². The fraction of sp³-hybridized carbons (Fsp3) is 0.904. The number of aliphatic hydroxyl groups excluding tert-OH is 2. The van der Waals surface area contributed by atoms with Crippen LogP contribution in [0.1, 0.15) is 406 Å². The van der Waals surface area contributed by atoms with Crippen molar-refractivity contribution in [3.63, 3.8) is 0 Å². The van der Waals surface area contributed by atoms with Gasteiger partial charge in [-0.05, 0) is 51.4 Å². The van der Waals surface area contributed by atoms with Gasteiger partial charge in [0.05, 0.1) is 18.8 Å². The van der Waals surface area contributed by atoms with Crippen molar-refractivity contribution in [2.45, 2.75) is 418 Å². The van der Waals surface area contributed by atoms with Gasteiger partial charge in [0, 0.05) is 6.42 Å². The van der Waals surface area contributed by atoms with Gasteiger partial charge < -0.3 is 15.5 Å². The van der Waals surface area contributed by atoms with Crippen LogP contribution in [0.3, 0.4) is 0 Å². The van der Waals surface area contributed by atoms with E-state index in [1.54, 1.807) is 0 Å². The molecular weight excluding hydrogens is 939 g/mol. The molecule has 0 radical (unpaired) electrons. The molecule has 2 atom stereocenters. The third-order valence-electron chi connectivity index (χ3n) is 16.9. The van der Waals surface area contributed by atoms with Crippen molar-refractivity contribution >= 4 is 5.91 Å². The highest BCUT2D eigenvalue weighted by atomic mass is 16.3. The van der Waals surface area contributed by atoms with Gasteiger partial charge in [0.2, 0.25) is 5.91 Å². The first-order valence-corrected chi connectivity index (χ1v) is 35.7. The van der Waals surface area contributed by atoms with Crippen molar-refractivity contribution in [2.75, 3.05) is 6.61 Å². The van der Waals surface area contributed by atoms with Crippen molar-refractivity contribution in [1.82, 2.24) is 5.32 Å². The smallest absolute Gasteiger partial charge is 0.220 e. The largest absolute Gasteiger partial charge is 0.394 e. The summed E-state index contributed by atoms with van der Waals surface area (Å²) in [5, 5.41) is 23.5. The molecule has 456 valence electrons. The molecule has 0 bridgehead atoms. The van der Waals surface area contributed by atoms with E-state index in [1.165, 1.54) is 340 Å². The van der Waals surface area contributed by atoms with E-state index in [0.717, 1.165) is 38.5 Å². The summed E-state index contributed by atoms with van der Waals surface area (Å²) in [6, 6.07) is -0.536. The van der Waals surface area contributed by atoms with E-state index in [4.69, 9.17) is 0 Å². The fourth-order valence-electron chi connectivity index (χ4n) is 11.5. The van der Waals surface area contributed by atoms with Gasteiger partial charge in [-0.3, -0.25) is 4.79 Å². The van der Waals surface area contributed by atoms with E-state index in [9.17, 15) is 15.0 Å². The van der Waals surface area contributed by atoms with Gasteiger partial charge in [-0.15, -0.1) is 0 Å². The average Bonchev–Trinajstić information content (AvgIpc) is 3.43. The maximum absolute atomic E-state index is 12.6. The minimum Gasteiger partial charge on any atom is -0.394 e. The Bertz CT molecular complexity index is 1180. The minimum absolute atomic E-state index is 0.0222. The molecule has 0 aliphatic heterocycles. The third-order valence-corrected chi connectivity index (χ3v) is 16.9. The summed E-state index contributed by atoms with van der Waals surface area (Å²) in [5.41, 5.74) is 0. The van der Waals surface area contributed by atoms with Crippen LogP contribution in [0.25, 0.3) is 0 Å². The summed E-state index contributed by atoms with van der Waals surface area (Å²) in [4.78, 5) is 12.6. The molecule has 0 aliphatic carbocycles. The topological polar surface area (TPSA) is 69.6 Å². The molecule has 2 unspecified atom stereocenters. The maximum atomic E-state index is 12.6. The Kier molecular flexibility index (Phi) is 67.6. The zero-order valence-electron chi connectivity index (χ0n) is 52.8. The number of aliphatic hydroxyl groups is 2. The Morgan fingerprint density at radius 1 is 0.312 bits per heavy atom. The molecule has 0 spiro atoms. The molecule has 0 aromatic carbocycles. The molecule has 0 aliphatic rings. The first kappa shape index (κ1) is 75.6. The number of amides is 1. The molecule has 4 nitrogen and oxygen atoms in total. The van der Waals surface area contributed by atoms with Crippen LogP contribution in [-0.2, 0) is 4.79 Å². The SMILES string of the molecule is CCCCCCC/C=C\C/C=C\C/C=C\CCCCCCCCCCCCCCCCCCCCCCCCC(=O)NC(CO)C(O)CCCCCCCCCCCCCCCCCCCCCCCCCCCCCC. The minimum atomic E-state index is -0.660. The Morgan fingerprint density at radius 2 is 0.532 bits per heavy atom. The number of nitrogens with one attached hydrogen (secondary N) is 1. The van der Waals surface area contributed by atoms with Gasteiger partial charge >= 0.3 is 0 Å². The predicted molar refractivity (Wildman–Crippen MR) is 345 cm³/mol. The van der Waals surface area contributed by atoms with E-state index in [-0.39, 0.29) is 12.5 Å². The van der Waals surface area contributed by atoms with Crippen LogP contribution in [-0.4, -0.2) is 34.9 Å². The Hall–Kier alpha value is -1.39. The fourth-order valence-corrected chi connectivity index (χ4v) is 11.5. The normalized spacial score (nSPS) is 12.8. The second-order valence-electron chi connectivity index (χ2n) is 24.7. The second-order valence-corrected chi connectivity index (χ2v) is 24.7. The number of allylic oxidation sites excluding steroid dienone is 6. The number of rotatable bonds is 67. The number of hydrogen-bond donors (Lipinski definition) is 3. The summed E-state index contributed by atoms with van der Waals surface area (Å²) in [6.45, 7) is 4.39. The standard InChI is InChI=1S/C73H141NO3/c1-3-5-7-9-11-13-15-17-19-21-23-25-27-29-31-33-34-35-36-37-38-39-40-41-43-45-47-49-51-53-55-57-59-61-63-65-67-69-73(77)74-71(70-75)72(76)68-66-64-62-60-58-56-54-52-50-48-46-44-42-32-30-28-26-24-22-20-18-16-14-12-10-8-6-4-2/h15,17,21,23,27,29,71-72,75-76H,3-14,16,18-20,22,24-26,28,30-70H2,1-2H3,(H,74,77)/b17-15-,23-21-,29-27-. The molecule has 0 aromatic heterocycles. The van der Waals surface area contributed by atoms with Crippen molar-refractivity contribution in [3.8, 4) is 0 Å². The molecule has 0 fully saturated rings. The molecular formula is C73H141NO3. The highest BCUT2D eigenvalue weighted by molar-refractivity contribution is 5.76. The van der Waals surface area contributed by atoms with Crippen LogP contribution in [0.2, 0.25) is 0 Å². The van der Waals surface area contributed by atoms with Gasteiger partial charge in [-0.2, -0.15) is 0 Å². The van der Waals surface area contributed by atoms with Gasteiger partial charge in [-0.25, -0.2) is 0 Å². The Morgan fingerprint density at radius 3 is 0.792 bits per heavy atom. The lowest BCUT2D eigenvalue weighted by Gasteiger charge is -2.22. The summed E-state index contributed by atoms with van der Waals surface area (Å²) >= 11 is 0. The summed E-state index contributed by atoms with van der Waals surface area (Å²) in [5.74, 6) is -0.0222. The Labute approximate surface area is 484 Å². The zero-order valence-corrected chi connectivity index (χ0v) is 52.8. The predicted octanol–water partition coefficient (Wildman–Crippen LogP) is 24.3. The van der Waals surface area contributed by atoms with Crippen LogP contribution < -0.4 is 5.32 Å². The number of unbranched alkanes of at least 4 members (excludes halogenated alkanes) is 54. The molecule has 77 heavy (non-hydrogen) atoms. The number of carbonyl (C=O) groups is 1. The van der Waals surface area contributed by atoms with Gasteiger partial charge in [0.25, 0.3) is 0 Å². The quantitative estimate of drug-likeness (QED) is 0.0420. The lowest BCUT2D eigenvalue weighted by atomic mass is 10.0. The van der Waals surface area contributed by atoms with E-state index in [2.05, 4.69) is 55.6 Å². The van der Waals surface area contributed by atoms with E-state index >= 15 is 0 Å². The van der Waals surface area contributed by atoms with Crippen molar-refractivity contribution in [2.24, 2.45) is 0 Å². The molecule has 1 amide bonds. The third kappa shape index (κ3) is 65.3. The monoisotopic (exact) mass is 1080 g/mol. The molecule has 4 heteroatoms. The number of hydrogen-bond acceptors (Lipinski definition) is 3. The van der Waals surface area contributed by atoms with E-state index < -0.39 is 12.1 Å². The van der Waals surface area contributed by atoms with Gasteiger partial charge in [-0.1, -0.05) is 384 Å². The highest BCUT2D eigenvalue weighted by Gasteiger charge is 2.20. The van der Waals surface area contributed by atoms with Gasteiger partial charge in [0.15, 0.2) is 0 Å². The number of carbonyl (C=O) groups excluding carboxylic acids is 1. The maximum Gasteiger partial charge on any atom is 0.220 e. The van der Waals surface area contributed by atoms with Crippen LogP contribution in [0, 0.1) is 0 Å². The molecule has 0 rings (SSSR count). The second kappa shape index (κ2) is 68.9. The van der Waals surface area contributed by atoms with Crippen molar-refractivity contribution in [1.29, 1.82) is 0 Å². The summed E-state index contributed by atoms with van der Waals surface area (Å²) in [7, 11) is 0. The van der Waals surface area contributed by atoms with Crippen LogP contribution in [0.4, 0.5) is 0 Å². The zero-order chi connectivity index (χ0) is 55.5. The molecule has 0 saturated heterocycles. The first-order chi connectivity index (χ1) is 38.2. The average molecular weight is 1080 g/mol. The van der Waals surface area contributed by atoms with E-state index in [0.29, 0.717) is 12.8 Å². The van der Waals surface area contributed by atoms with Crippen molar-refractivity contribution in [3.05, 3.63) is 36.5 Å². The van der Waals surface area contributed by atoms with Crippen LogP contribution in [0.15, 0.2) is 36.5 Å². The summed E-state index contributed by atoms with van der Waals surface area (Å²) < 4.78 is 0. The van der Waals surface area contributed by atoms with Crippen molar-refractivity contribution < 1.29 is 15.0 Å². The van der Waals surface area contributed by atoms with Gasteiger partial charge in [0.1, 0.15) is 0 Å². The lowest BCUT2D eigenvalue weighted by molar-refractivity contribution is -0.123. The van der Waals surface area contributed by atoms with Crippen LogP contribution >= 0.6 is 0 Å². The highest BCUT2D eigenvalue weighted by Crippen LogP contribution is 2.19. The Balaban J connectivity index is 3.38. The molecule has 0 aromatic rings. The molecule has 0 heterocycles. The van der Waals surface area contributed by atoms with Crippen LogP contribution in [0.5, 0.6) is 0 Å². The lowest BCUT2D eigenvalue weighted by Crippen LogP contribution is -2.45. The molecule has 3 N–H and O–H groups in total. The summed E-state index contributed by atoms with van der Waals surface area (Å²) in [6.07, 6.45) is 94.9. The first-order valence-electron chi connectivity index (χ1n) is 35.7.